The number of allylic oxidation sites excluding steroid dienone is 1. The molecule has 0 aromatic carbocycles. The summed E-state index contributed by atoms with van der Waals surface area (Å²) >= 11 is 5.83. The molecule has 3 atom stereocenters. The van der Waals surface area contributed by atoms with Crippen molar-refractivity contribution in [3.63, 3.8) is 0 Å². The third kappa shape index (κ3) is 4.65. The highest BCUT2D eigenvalue weighted by Gasteiger charge is 2.18. The second-order valence-corrected chi connectivity index (χ2v) is 3.84. The van der Waals surface area contributed by atoms with E-state index in [-0.39, 0.29) is 5.38 Å². The highest BCUT2D eigenvalue weighted by molar-refractivity contribution is 6.20. The molecule has 0 aliphatic carbocycles. The third-order valence-electron chi connectivity index (χ3n) is 2.25. The molecule has 13 heavy (non-hydrogen) atoms. The van der Waals surface area contributed by atoms with Crippen molar-refractivity contribution in [2.24, 2.45) is 0 Å². The fourth-order valence-electron chi connectivity index (χ4n) is 1.03. The second kappa shape index (κ2) is 6.41. The van der Waals surface area contributed by atoms with Crippen LogP contribution in [0, 0.1) is 0 Å². The molecule has 0 fully saturated rings. The van der Waals surface area contributed by atoms with Crippen LogP contribution in [0.5, 0.6) is 0 Å². The number of aliphatic hydroxyl groups is 2. The first-order valence-electron chi connectivity index (χ1n) is 4.65. The lowest BCUT2D eigenvalue weighted by Crippen LogP contribution is -2.26. The number of hydrogen-bond donors (Lipinski definition) is 2. The van der Waals surface area contributed by atoms with Gasteiger partial charge >= 0.3 is 0 Å². The lowest BCUT2D eigenvalue weighted by atomic mass is 10.0. The minimum Gasteiger partial charge on any atom is -0.391 e. The lowest BCUT2D eigenvalue weighted by molar-refractivity contribution is 0.0946. The molecule has 0 aromatic rings. The van der Waals surface area contributed by atoms with E-state index in [9.17, 15) is 10.2 Å². The Morgan fingerprint density at radius 2 is 2.00 bits per heavy atom. The summed E-state index contributed by atoms with van der Waals surface area (Å²) in [6, 6.07) is 0. The van der Waals surface area contributed by atoms with Gasteiger partial charge in [-0.25, -0.2) is 0 Å². The Bertz CT molecular complexity index is 168. The zero-order chi connectivity index (χ0) is 10.4. The first-order chi connectivity index (χ1) is 6.02. The number of rotatable bonds is 5. The maximum absolute atomic E-state index is 9.55. The van der Waals surface area contributed by atoms with E-state index in [1.165, 1.54) is 0 Å². The van der Waals surface area contributed by atoms with Crippen molar-refractivity contribution < 1.29 is 10.2 Å². The van der Waals surface area contributed by atoms with Gasteiger partial charge in [0.25, 0.3) is 0 Å². The van der Waals surface area contributed by atoms with Crippen molar-refractivity contribution in [1.82, 2.24) is 0 Å². The number of aliphatic hydroxyl groups excluding tert-OH is 2. The molecule has 0 saturated heterocycles. The van der Waals surface area contributed by atoms with Crippen LogP contribution in [0.25, 0.3) is 0 Å². The van der Waals surface area contributed by atoms with Crippen molar-refractivity contribution in [2.75, 3.05) is 0 Å². The zero-order valence-corrected chi connectivity index (χ0v) is 9.25. The Kier molecular flexibility index (Phi) is 6.39. The van der Waals surface area contributed by atoms with Gasteiger partial charge in [0.15, 0.2) is 0 Å². The van der Waals surface area contributed by atoms with E-state index in [0.29, 0.717) is 12.8 Å². The van der Waals surface area contributed by atoms with Crippen LogP contribution in [0.4, 0.5) is 0 Å². The standard InChI is InChI=1S/C10H19ClO2/c1-4-7(3)9(12)6-10(13)8(11)5-2/h4,8-10,12-13H,5-6H2,1-3H3/b7-4+/t8-,9+,10+/m0/s1. The molecule has 0 heterocycles. The number of alkyl halides is 1. The van der Waals surface area contributed by atoms with Crippen LogP contribution in [-0.4, -0.2) is 27.8 Å². The molecule has 3 heteroatoms. The Morgan fingerprint density at radius 1 is 1.46 bits per heavy atom. The van der Waals surface area contributed by atoms with Gasteiger partial charge in [-0.2, -0.15) is 0 Å². The van der Waals surface area contributed by atoms with Gasteiger partial charge < -0.3 is 10.2 Å². The molecule has 0 amide bonds. The Hall–Kier alpha value is -0.0500. The smallest absolute Gasteiger partial charge is 0.0772 e. The molecule has 0 rings (SSSR count). The first kappa shape index (κ1) is 12.9. The summed E-state index contributed by atoms with van der Waals surface area (Å²) < 4.78 is 0. The van der Waals surface area contributed by atoms with Gasteiger partial charge in [0.1, 0.15) is 0 Å². The van der Waals surface area contributed by atoms with Gasteiger partial charge in [-0.15, -0.1) is 11.6 Å². The molecule has 0 bridgehead atoms. The number of hydrogen-bond acceptors (Lipinski definition) is 2. The van der Waals surface area contributed by atoms with Gasteiger partial charge in [0.05, 0.1) is 17.6 Å². The fourth-order valence-corrected chi connectivity index (χ4v) is 1.13. The van der Waals surface area contributed by atoms with Crippen LogP contribution >= 0.6 is 11.6 Å². The summed E-state index contributed by atoms with van der Waals surface area (Å²) in [4.78, 5) is 0. The highest BCUT2D eigenvalue weighted by Crippen LogP contribution is 2.15. The van der Waals surface area contributed by atoms with Crippen LogP contribution in [0.15, 0.2) is 11.6 Å². The molecule has 0 unspecified atom stereocenters. The molecule has 2 N–H and O–H groups in total. The summed E-state index contributed by atoms with van der Waals surface area (Å²) in [7, 11) is 0. The monoisotopic (exact) mass is 206 g/mol. The topological polar surface area (TPSA) is 40.5 Å². The van der Waals surface area contributed by atoms with Crippen molar-refractivity contribution in [1.29, 1.82) is 0 Å². The van der Waals surface area contributed by atoms with Gasteiger partial charge in [-0.3, -0.25) is 0 Å². The van der Waals surface area contributed by atoms with Crippen molar-refractivity contribution in [2.45, 2.75) is 51.2 Å². The number of halogens is 1. The summed E-state index contributed by atoms with van der Waals surface area (Å²) in [5, 5.41) is 18.8. The third-order valence-corrected chi connectivity index (χ3v) is 2.85. The van der Waals surface area contributed by atoms with E-state index in [1.54, 1.807) is 0 Å². The van der Waals surface area contributed by atoms with E-state index < -0.39 is 12.2 Å². The van der Waals surface area contributed by atoms with Crippen molar-refractivity contribution in [3.05, 3.63) is 11.6 Å². The zero-order valence-electron chi connectivity index (χ0n) is 8.50. The molecule has 0 aliphatic heterocycles. The van der Waals surface area contributed by atoms with Crippen molar-refractivity contribution in [3.8, 4) is 0 Å². The summed E-state index contributed by atoms with van der Waals surface area (Å²) in [5.41, 5.74) is 0.874. The Balaban J connectivity index is 3.98. The summed E-state index contributed by atoms with van der Waals surface area (Å²) in [6.07, 6.45) is 1.67. The predicted molar refractivity (Wildman–Crippen MR) is 56.0 cm³/mol. The minimum atomic E-state index is -0.628. The average Bonchev–Trinajstić information content (AvgIpc) is 2.14. The second-order valence-electron chi connectivity index (χ2n) is 3.28. The molecule has 0 radical (unpaired) electrons. The molecule has 0 spiro atoms. The van der Waals surface area contributed by atoms with E-state index in [0.717, 1.165) is 5.57 Å². The molecule has 0 saturated carbocycles. The van der Waals surface area contributed by atoms with Gasteiger partial charge in [-0.1, -0.05) is 13.0 Å². The summed E-state index contributed by atoms with van der Waals surface area (Å²) in [5.74, 6) is 0. The van der Waals surface area contributed by atoms with Gasteiger partial charge in [0, 0.05) is 6.42 Å². The molecule has 78 valence electrons. The van der Waals surface area contributed by atoms with Crippen LogP contribution < -0.4 is 0 Å². The van der Waals surface area contributed by atoms with E-state index in [2.05, 4.69) is 0 Å². The molecular formula is C10H19ClO2. The molecule has 0 aliphatic rings. The molecular weight excluding hydrogens is 188 g/mol. The maximum Gasteiger partial charge on any atom is 0.0772 e. The minimum absolute atomic E-state index is 0.265. The van der Waals surface area contributed by atoms with Crippen LogP contribution in [0.1, 0.15) is 33.6 Å². The van der Waals surface area contributed by atoms with E-state index in [4.69, 9.17) is 11.6 Å². The summed E-state index contributed by atoms with van der Waals surface area (Å²) in [6.45, 7) is 5.62. The van der Waals surface area contributed by atoms with Gasteiger partial charge in [0.2, 0.25) is 0 Å². The largest absolute Gasteiger partial charge is 0.391 e. The molecule has 2 nitrogen and oxygen atoms in total. The predicted octanol–water partition coefficient (Wildman–Crippen LogP) is 2.08. The highest BCUT2D eigenvalue weighted by atomic mass is 35.5. The van der Waals surface area contributed by atoms with Crippen molar-refractivity contribution >= 4 is 11.6 Å². The Morgan fingerprint density at radius 3 is 2.38 bits per heavy atom. The average molecular weight is 207 g/mol. The Labute approximate surface area is 85.2 Å². The quantitative estimate of drug-likeness (QED) is 0.534. The molecule has 0 aromatic heterocycles. The van der Waals surface area contributed by atoms with Crippen LogP contribution in [0.2, 0.25) is 0 Å². The fraction of sp³-hybridized carbons (Fsp3) is 0.800. The lowest BCUT2D eigenvalue weighted by Gasteiger charge is -2.19. The first-order valence-corrected chi connectivity index (χ1v) is 5.09. The van der Waals surface area contributed by atoms with Crippen LogP contribution in [-0.2, 0) is 0 Å². The SMILES string of the molecule is C/C=C(\C)[C@H](O)C[C@@H](O)[C@@H](Cl)CC. The van der Waals surface area contributed by atoms with Gasteiger partial charge in [-0.05, 0) is 25.8 Å². The van der Waals surface area contributed by atoms with E-state index in [1.807, 2.05) is 26.8 Å². The van der Waals surface area contributed by atoms with Crippen LogP contribution in [0.3, 0.4) is 0 Å². The van der Waals surface area contributed by atoms with E-state index >= 15 is 0 Å². The normalized spacial score (nSPS) is 19.7. The maximum atomic E-state index is 9.55.